The summed E-state index contributed by atoms with van der Waals surface area (Å²) in [6.45, 7) is 5.10. The summed E-state index contributed by atoms with van der Waals surface area (Å²) in [5.41, 5.74) is 3.13. The highest BCUT2D eigenvalue weighted by Gasteiger charge is 2.28. The topological polar surface area (TPSA) is 47.3 Å². The molecule has 2 aromatic carbocycles. The first-order valence-corrected chi connectivity index (χ1v) is 8.68. The molecule has 1 aliphatic heterocycles. The lowest BCUT2D eigenvalue weighted by atomic mass is 10.0. The smallest absolute Gasteiger partial charge is 0.219 e. The van der Waals surface area contributed by atoms with E-state index in [2.05, 4.69) is 35.2 Å². The number of carbonyl (C=O) groups excluding carboxylic acids is 1. The molecule has 0 bridgehead atoms. The van der Waals surface area contributed by atoms with Gasteiger partial charge in [-0.3, -0.25) is 9.69 Å². The highest BCUT2D eigenvalue weighted by Crippen LogP contribution is 2.18. The van der Waals surface area contributed by atoms with Gasteiger partial charge >= 0.3 is 0 Å². The minimum Gasteiger partial charge on any atom is -0.337 e. The van der Waals surface area contributed by atoms with Crippen LogP contribution in [0.15, 0.2) is 54.6 Å². The first-order valence-electron chi connectivity index (χ1n) is 8.68. The van der Waals surface area contributed by atoms with E-state index in [0.717, 1.165) is 38.2 Å². The van der Waals surface area contributed by atoms with Gasteiger partial charge in [-0.05, 0) is 29.7 Å². The molecule has 0 radical (unpaired) electrons. The molecule has 128 valence electrons. The van der Waals surface area contributed by atoms with E-state index in [0.29, 0.717) is 5.56 Å². The van der Waals surface area contributed by atoms with Crippen molar-refractivity contribution in [3.63, 3.8) is 0 Å². The Bertz CT molecular complexity index is 749. The van der Waals surface area contributed by atoms with Gasteiger partial charge in [-0.15, -0.1) is 0 Å². The van der Waals surface area contributed by atoms with Gasteiger partial charge < -0.3 is 4.90 Å². The molecule has 1 heterocycles. The minimum absolute atomic E-state index is 0.137. The van der Waals surface area contributed by atoms with E-state index in [1.807, 2.05) is 35.2 Å². The second-order valence-electron chi connectivity index (χ2n) is 6.60. The number of rotatable bonds is 4. The maximum Gasteiger partial charge on any atom is 0.219 e. The summed E-state index contributed by atoms with van der Waals surface area (Å²) in [6.07, 6.45) is 0.816. The Morgan fingerprint density at radius 1 is 1.08 bits per heavy atom. The Morgan fingerprint density at radius 2 is 1.80 bits per heavy atom. The van der Waals surface area contributed by atoms with E-state index in [1.165, 1.54) is 5.56 Å². The third-order valence-electron chi connectivity index (χ3n) is 4.77. The third kappa shape index (κ3) is 4.46. The normalized spacial score (nSPS) is 17.9. The van der Waals surface area contributed by atoms with Gasteiger partial charge in [0.05, 0.1) is 11.6 Å². The monoisotopic (exact) mass is 333 g/mol. The molecule has 3 rings (SSSR count). The Labute approximate surface area is 149 Å². The molecule has 0 aliphatic carbocycles. The fourth-order valence-corrected chi connectivity index (χ4v) is 3.48. The zero-order valence-corrected chi connectivity index (χ0v) is 14.6. The highest BCUT2D eigenvalue weighted by atomic mass is 16.2. The SMILES string of the molecule is CC(=O)N1CCN(Cc2ccccc2)C[C@H]1Cc1ccc(C#N)cc1. The molecule has 0 saturated carbocycles. The molecule has 2 aromatic rings. The van der Waals surface area contributed by atoms with Crippen molar-refractivity contribution < 1.29 is 4.79 Å². The lowest BCUT2D eigenvalue weighted by Gasteiger charge is -2.41. The van der Waals surface area contributed by atoms with Crippen molar-refractivity contribution >= 4 is 5.91 Å². The number of carbonyl (C=O) groups is 1. The maximum absolute atomic E-state index is 12.0. The van der Waals surface area contributed by atoms with Crippen molar-refractivity contribution in [3.05, 3.63) is 71.3 Å². The molecule has 1 fully saturated rings. The van der Waals surface area contributed by atoms with E-state index >= 15 is 0 Å². The molecule has 1 atom stereocenters. The Balaban J connectivity index is 1.70. The van der Waals surface area contributed by atoms with E-state index in [1.54, 1.807) is 6.92 Å². The van der Waals surface area contributed by atoms with Gasteiger partial charge in [0.15, 0.2) is 0 Å². The summed E-state index contributed by atoms with van der Waals surface area (Å²) in [7, 11) is 0. The maximum atomic E-state index is 12.0. The molecule has 1 saturated heterocycles. The number of benzene rings is 2. The van der Waals surface area contributed by atoms with Crippen LogP contribution in [0, 0.1) is 11.3 Å². The predicted octanol–water partition coefficient (Wildman–Crippen LogP) is 2.83. The molecular weight excluding hydrogens is 310 g/mol. The van der Waals surface area contributed by atoms with Gasteiger partial charge in [-0.25, -0.2) is 0 Å². The molecular formula is C21H23N3O. The van der Waals surface area contributed by atoms with Crippen LogP contribution < -0.4 is 0 Å². The van der Waals surface area contributed by atoms with Crippen LogP contribution in [-0.4, -0.2) is 41.4 Å². The number of hydrogen-bond acceptors (Lipinski definition) is 3. The fraction of sp³-hybridized carbons (Fsp3) is 0.333. The molecule has 0 N–H and O–H groups in total. The largest absolute Gasteiger partial charge is 0.337 e. The van der Waals surface area contributed by atoms with Gasteiger partial charge in [0.1, 0.15) is 0 Å². The molecule has 4 heteroatoms. The van der Waals surface area contributed by atoms with E-state index in [-0.39, 0.29) is 11.9 Å². The van der Waals surface area contributed by atoms with Crippen LogP contribution in [0.4, 0.5) is 0 Å². The fourth-order valence-electron chi connectivity index (χ4n) is 3.48. The lowest BCUT2D eigenvalue weighted by molar-refractivity contribution is -0.133. The van der Waals surface area contributed by atoms with Crippen molar-refractivity contribution in [2.45, 2.75) is 25.9 Å². The summed E-state index contributed by atoms with van der Waals surface area (Å²) in [6, 6.07) is 20.4. The Morgan fingerprint density at radius 3 is 2.44 bits per heavy atom. The summed E-state index contributed by atoms with van der Waals surface area (Å²) >= 11 is 0. The Kier molecular flexibility index (Phi) is 5.47. The first-order chi connectivity index (χ1) is 12.2. The molecule has 4 nitrogen and oxygen atoms in total. The second kappa shape index (κ2) is 7.96. The van der Waals surface area contributed by atoms with Gasteiger partial charge in [0.25, 0.3) is 0 Å². The van der Waals surface area contributed by atoms with Crippen LogP contribution in [0.5, 0.6) is 0 Å². The van der Waals surface area contributed by atoms with Crippen molar-refractivity contribution in [1.29, 1.82) is 5.26 Å². The van der Waals surface area contributed by atoms with Gasteiger partial charge in [0, 0.05) is 39.1 Å². The van der Waals surface area contributed by atoms with Crippen LogP contribution in [0.1, 0.15) is 23.6 Å². The zero-order valence-electron chi connectivity index (χ0n) is 14.6. The van der Waals surface area contributed by atoms with Crippen LogP contribution in [0.2, 0.25) is 0 Å². The molecule has 0 unspecified atom stereocenters. The van der Waals surface area contributed by atoms with E-state index in [9.17, 15) is 4.79 Å². The quantitative estimate of drug-likeness (QED) is 0.864. The standard InChI is InChI=1S/C21H23N3O/c1-17(25)24-12-11-23(15-20-5-3-2-4-6-20)16-21(24)13-18-7-9-19(14-22)10-8-18/h2-10,21H,11-13,15-16H2,1H3/t21-/m1/s1. The van der Waals surface area contributed by atoms with Gasteiger partial charge in [-0.1, -0.05) is 42.5 Å². The van der Waals surface area contributed by atoms with Crippen LogP contribution in [-0.2, 0) is 17.8 Å². The lowest BCUT2D eigenvalue weighted by Crippen LogP contribution is -2.55. The summed E-state index contributed by atoms with van der Waals surface area (Å²) < 4.78 is 0. The number of piperazine rings is 1. The van der Waals surface area contributed by atoms with Gasteiger partial charge in [0.2, 0.25) is 5.91 Å². The van der Waals surface area contributed by atoms with E-state index < -0.39 is 0 Å². The van der Waals surface area contributed by atoms with Crippen molar-refractivity contribution in [3.8, 4) is 6.07 Å². The number of nitrogens with zero attached hydrogens (tertiary/aromatic N) is 3. The third-order valence-corrected chi connectivity index (χ3v) is 4.77. The van der Waals surface area contributed by atoms with Crippen LogP contribution >= 0.6 is 0 Å². The number of amides is 1. The molecule has 1 amide bonds. The van der Waals surface area contributed by atoms with Gasteiger partial charge in [-0.2, -0.15) is 5.26 Å². The van der Waals surface area contributed by atoms with Crippen molar-refractivity contribution in [2.75, 3.05) is 19.6 Å². The number of hydrogen-bond donors (Lipinski definition) is 0. The average molecular weight is 333 g/mol. The molecule has 25 heavy (non-hydrogen) atoms. The summed E-state index contributed by atoms with van der Waals surface area (Å²) in [4.78, 5) is 16.4. The van der Waals surface area contributed by atoms with Crippen molar-refractivity contribution in [2.24, 2.45) is 0 Å². The van der Waals surface area contributed by atoms with Crippen molar-refractivity contribution in [1.82, 2.24) is 9.80 Å². The summed E-state index contributed by atoms with van der Waals surface area (Å²) in [5, 5.41) is 8.93. The predicted molar refractivity (Wildman–Crippen MR) is 97.8 cm³/mol. The second-order valence-corrected chi connectivity index (χ2v) is 6.60. The average Bonchev–Trinajstić information content (AvgIpc) is 2.63. The number of nitriles is 1. The molecule has 0 spiro atoms. The van der Waals surface area contributed by atoms with E-state index in [4.69, 9.17) is 5.26 Å². The van der Waals surface area contributed by atoms with Crippen LogP contribution in [0.3, 0.4) is 0 Å². The summed E-state index contributed by atoms with van der Waals surface area (Å²) in [5.74, 6) is 0.137. The highest BCUT2D eigenvalue weighted by molar-refractivity contribution is 5.73. The Hall–Kier alpha value is -2.64. The molecule has 0 aromatic heterocycles. The molecule has 1 aliphatic rings. The van der Waals surface area contributed by atoms with Crippen LogP contribution in [0.25, 0.3) is 0 Å². The first kappa shape index (κ1) is 17.2. The minimum atomic E-state index is 0.137. The zero-order chi connectivity index (χ0) is 17.6.